The largest absolute Gasteiger partial charge is 0.368 e. The summed E-state index contributed by atoms with van der Waals surface area (Å²) in [5.74, 6) is 0.608. The molecule has 22 heavy (non-hydrogen) atoms. The minimum Gasteiger partial charge on any atom is -0.368 e. The van der Waals surface area contributed by atoms with Gasteiger partial charge in [0.1, 0.15) is 6.07 Å². The van der Waals surface area contributed by atoms with Gasteiger partial charge in [0.25, 0.3) is 0 Å². The van der Waals surface area contributed by atoms with Gasteiger partial charge in [0.15, 0.2) is 5.82 Å². The molecule has 0 amide bonds. The molecule has 1 aromatic carbocycles. The van der Waals surface area contributed by atoms with Gasteiger partial charge in [0.2, 0.25) is 11.9 Å². The van der Waals surface area contributed by atoms with Crippen LogP contribution in [0.15, 0.2) is 24.3 Å². The summed E-state index contributed by atoms with van der Waals surface area (Å²) in [6, 6.07) is 11.0. The number of nitrogen functional groups attached to an aromatic ring is 1. The Bertz CT molecular complexity index is 809. The molecule has 0 aliphatic heterocycles. The Morgan fingerprint density at radius 2 is 2.00 bits per heavy atom. The monoisotopic (exact) mass is 291 g/mol. The van der Waals surface area contributed by atoms with Gasteiger partial charge in [-0.2, -0.15) is 25.5 Å². The molecule has 0 atom stereocenters. The Hall–Kier alpha value is -3.45. The van der Waals surface area contributed by atoms with E-state index in [1.165, 1.54) is 0 Å². The van der Waals surface area contributed by atoms with Crippen molar-refractivity contribution >= 4 is 23.5 Å². The van der Waals surface area contributed by atoms with Crippen molar-refractivity contribution in [1.29, 1.82) is 10.5 Å². The summed E-state index contributed by atoms with van der Waals surface area (Å²) >= 11 is 0. The smallest absolute Gasteiger partial charge is 0.230 e. The van der Waals surface area contributed by atoms with Crippen molar-refractivity contribution in [2.45, 2.75) is 0 Å². The molecule has 0 saturated carbocycles. The Morgan fingerprint density at radius 1 is 1.23 bits per heavy atom. The molecular formula is C15H13N7. The zero-order valence-electron chi connectivity index (χ0n) is 12.1. The molecule has 2 aromatic rings. The van der Waals surface area contributed by atoms with E-state index in [1.807, 2.05) is 6.07 Å². The van der Waals surface area contributed by atoms with Crippen molar-refractivity contribution in [2.24, 2.45) is 0 Å². The van der Waals surface area contributed by atoms with Crippen LogP contribution in [0.3, 0.4) is 0 Å². The third kappa shape index (κ3) is 3.35. The van der Waals surface area contributed by atoms with E-state index in [2.05, 4.69) is 21.0 Å². The first-order valence-electron chi connectivity index (χ1n) is 6.34. The van der Waals surface area contributed by atoms with Crippen LogP contribution in [0.5, 0.6) is 0 Å². The number of anilines is 2. The second kappa shape index (κ2) is 6.33. The molecule has 2 N–H and O–H groups in total. The van der Waals surface area contributed by atoms with Crippen LogP contribution in [0.4, 0.5) is 11.9 Å². The first-order chi connectivity index (χ1) is 10.5. The molecule has 0 fully saturated rings. The molecular weight excluding hydrogens is 278 g/mol. The van der Waals surface area contributed by atoms with Crippen LogP contribution in [-0.4, -0.2) is 29.0 Å². The van der Waals surface area contributed by atoms with Crippen LogP contribution in [0.25, 0.3) is 11.6 Å². The molecule has 0 radical (unpaired) electrons. The zero-order chi connectivity index (χ0) is 16.1. The van der Waals surface area contributed by atoms with Crippen molar-refractivity contribution in [3.63, 3.8) is 0 Å². The lowest BCUT2D eigenvalue weighted by molar-refractivity contribution is 0.952. The fourth-order valence-electron chi connectivity index (χ4n) is 1.71. The average molecular weight is 291 g/mol. The first-order valence-corrected chi connectivity index (χ1v) is 6.34. The van der Waals surface area contributed by atoms with Gasteiger partial charge in [-0.1, -0.05) is 12.1 Å². The van der Waals surface area contributed by atoms with E-state index < -0.39 is 0 Å². The highest BCUT2D eigenvalue weighted by molar-refractivity contribution is 5.87. The molecule has 0 aliphatic carbocycles. The lowest BCUT2D eigenvalue weighted by atomic mass is 10.1. The average Bonchev–Trinajstić information content (AvgIpc) is 2.52. The van der Waals surface area contributed by atoms with Gasteiger partial charge in [-0.05, 0) is 23.8 Å². The number of nitriles is 2. The van der Waals surface area contributed by atoms with Gasteiger partial charge >= 0.3 is 0 Å². The van der Waals surface area contributed by atoms with E-state index in [-0.39, 0.29) is 17.3 Å². The van der Waals surface area contributed by atoms with E-state index in [0.29, 0.717) is 17.1 Å². The first kappa shape index (κ1) is 14.9. The second-order valence-electron chi connectivity index (χ2n) is 4.62. The highest BCUT2D eigenvalue weighted by atomic mass is 15.3. The Balaban J connectivity index is 2.50. The summed E-state index contributed by atoms with van der Waals surface area (Å²) in [7, 11) is 3.54. The van der Waals surface area contributed by atoms with Crippen LogP contribution in [0.1, 0.15) is 17.0 Å². The van der Waals surface area contributed by atoms with Crippen molar-refractivity contribution in [1.82, 2.24) is 15.0 Å². The zero-order valence-corrected chi connectivity index (χ0v) is 12.1. The van der Waals surface area contributed by atoms with Gasteiger partial charge in [-0.25, -0.2) is 0 Å². The summed E-state index contributed by atoms with van der Waals surface area (Å²) in [6.07, 6.45) is 1.61. The standard InChI is InChI=1S/C15H13N7/c1-22(2)15-20-13(19-14(18)21-15)12(9-17)7-10-4-3-5-11(6-10)8-16/h3-7H,1-2H3,(H2,18,19,20,21)/b12-7+. The number of nitrogens with zero attached hydrogens (tertiary/aromatic N) is 6. The molecule has 1 heterocycles. The number of hydrogen-bond acceptors (Lipinski definition) is 7. The maximum Gasteiger partial charge on any atom is 0.230 e. The van der Waals surface area contributed by atoms with Crippen LogP contribution < -0.4 is 10.6 Å². The molecule has 108 valence electrons. The molecule has 7 heteroatoms. The van der Waals surface area contributed by atoms with Gasteiger partial charge in [-0.15, -0.1) is 0 Å². The molecule has 0 saturated heterocycles. The summed E-state index contributed by atoms with van der Waals surface area (Å²) < 4.78 is 0. The highest BCUT2D eigenvalue weighted by Gasteiger charge is 2.10. The summed E-state index contributed by atoms with van der Waals surface area (Å²) in [5.41, 5.74) is 7.12. The fourth-order valence-corrected chi connectivity index (χ4v) is 1.71. The van der Waals surface area contributed by atoms with Crippen LogP contribution in [0.2, 0.25) is 0 Å². The lowest BCUT2D eigenvalue weighted by Gasteiger charge is -2.10. The van der Waals surface area contributed by atoms with E-state index in [0.717, 1.165) is 0 Å². The molecule has 2 rings (SSSR count). The Morgan fingerprint density at radius 3 is 2.64 bits per heavy atom. The molecule has 0 unspecified atom stereocenters. The number of hydrogen-bond donors (Lipinski definition) is 1. The number of rotatable bonds is 3. The normalized spacial score (nSPS) is 10.6. The highest BCUT2D eigenvalue weighted by Crippen LogP contribution is 2.17. The van der Waals surface area contributed by atoms with Crippen LogP contribution >= 0.6 is 0 Å². The summed E-state index contributed by atoms with van der Waals surface area (Å²) in [6.45, 7) is 0. The summed E-state index contributed by atoms with van der Waals surface area (Å²) in [4.78, 5) is 13.9. The Labute approximate surface area is 128 Å². The van der Waals surface area contributed by atoms with Crippen molar-refractivity contribution in [2.75, 3.05) is 24.7 Å². The minimum absolute atomic E-state index is 0.0422. The van der Waals surface area contributed by atoms with E-state index in [4.69, 9.17) is 11.0 Å². The molecule has 7 nitrogen and oxygen atoms in total. The molecule has 0 aliphatic rings. The number of aromatic nitrogens is 3. The topological polar surface area (TPSA) is 116 Å². The second-order valence-corrected chi connectivity index (χ2v) is 4.62. The van der Waals surface area contributed by atoms with Crippen molar-refractivity contribution in [3.8, 4) is 12.1 Å². The molecule has 1 aromatic heterocycles. The summed E-state index contributed by atoms with van der Waals surface area (Å²) in [5, 5.41) is 18.3. The Kier molecular flexibility index (Phi) is 4.30. The predicted octanol–water partition coefficient (Wildman–Crippen LogP) is 1.46. The van der Waals surface area contributed by atoms with Crippen molar-refractivity contribution in [3.05, 3.63) is 41.2 Å². The predicted molar refractivity (Wildman–Crippen MR) is 83.2 cm³/mol. The number of benzene rings is 1. The maximum atomic E-state index is 9.35. The van der Waals surface area contributed by atoms with Gasteiger partial charge in [0.05, 0.1) is 17.2 Å². The number of allylic oxidation sites excluding steroid dienone is 1. The van der Waals surface area contributed by atoms with E-state index >= 15 is 0 Å². The van der Waals surface area contributed by atoms with Gasteiger partial charge in [-0.3, -0.25) is 0 Å². The quantitative estimate of drug-likeness (QED) is 0.851. The maximum absolute atomic E-state index is 9.35. The van der Waals surface area contributed by atoms with Crippen LogP contribution in [-0.2, 0) is 0 Å². The van der Waals surface area contributed by atoms with Gasteiger partial charge in [0, 0.05) is 14.1 Å². The number of nitrogens with two attached hydrogens (primary N) is 1. The molecule has 0 bridgehead atoms. The third-order valence-electron chi connectivity index (χ3n) is 2.73. The minimum atomic E-state index is 0.0422. The van der Waals surface area contributed by atoms with Crippen LogP contribution in [0, 0.1) is 22.7 Å². The molecule has 0 spiro atoms. The third-order valence-corrected chi connectivity index (χ3v) is 2.73. The van der Waals surface area contributed by atoms with E-state index in [1.54, 1.807) is 49.3 Å². The SMILES string of the molecule is CN(C)c1nc(N)nc(/C(C#N)=C/c2cccc(C#N)c2)n1. The lowest BCUT2D eigenvalue weighted by Crippen LogP contribution is -2.15. The fraction of sp³-hybridized carbons (Fsp3) is 0.133. The van der Waals surface area contributed by atoms with Gasteiger partial charge < -0.3 is 10.6 Å². The van der Waals surface area contributed by atoms with Crippen molar-refractivity contribution < 1.29 is 0 Å². The van der Waals surface area contributed by atoms with E-state index in [9.17, 15) is 5.26 Å².